The van der Waals surface area contributed by atoms with Gasteiger partial charge in [0.05, 0.1) is 0 Å². The number of nitrogens with zero attached hydrogens (tertiary/aromatic N) is 2. The van der Waals surface area contributed by atoms with Crippen LogP contribution >= 0.6 is 22.6 Å². The van der Waals surface area contributed by atoms with Crippen molar-refractivity contribution in [2.45, 2.75) is 6.18 Å². The second kappa shape index (κ2) is 2.92. The molecule has 0 saturated carbocycles. The Labute approximate surface area is 74.0 Å². The van der Waals surface area contributed by atoms with Crippen LogP contribution in [-0.2, 0) is 6.18 Å². The fourth-order valence-electron chi connectivity index (χ4n) is 0.489. The van der Waals surface area contributed by atoms with Gasteiger partial charge in [0.25, 0.3) is 0 Å². The van der Waals surface area contributed by atoms with Gasteiger partial charge < -0.3 is 0 Å². The summed E-state index contributed by atoms with van der Waals surface area (Å²) in [5.74, 6) is 0. The number of hydrogen-bond acceptors (Lipinski definition) is 2. The second-order valence-electron chi connectivity index (χ2n) is 1.72. The summed E-state index contributed by atoms with van der Waals surface area (Å²) >= 11 is 1.69. The van der Waals surface area contributed by atoms with Gasteiger partial charge in [-0.2, -0.15) is 13.2 Å². The first-order valence-corrected chi connectivity index (χ1v) is 3.63. The van der Waals surface area contributed by atoms with Crippen LogP contribution in [0.15, 0.2) is 12.4 Å². The lowest BCUT2D eigenvalue weighted by Crippen LogP contribution is -2.08. The lowest BCUT2D eigenvalue weighted by Gasteiger charge is -2.03. The largest absolute Gasteiger partial charge is 0.433 e. The third-order valence-corrected chi connectivity index (χ3v) is 1.51. The van der Waals surface area contributed by atoms with Crippen molar-refractivity contribution in [2.75, 3.05) is 0 Å². The van der Waals surface area contributed by atoms with Gasteiger partial charge in [0.1, 0.15) is 15.7 Å². The summed E-state index contributed by atoms with van der Waals surface area (Å²) in [6.07, 6.45) is -3.48. The Balaban J connectivity index is 3.06. The van der Waals surface area contributed by atoms with E-state index in [2.05, 4.69) is 9.97 Å². The molecule has 2 nitrogen and oxygen atoms in total. The number of alkyl halides is 3. The van der Waals surface area contributed by atoms with Crippen LogP contribution in [0.2, 0.25) is 0 Å². The molecule has 60 valence electrons. The molecule has 0 spiro atoms. The van der Waals surface area contributed by atoms with Crippen LogP contribution in [-0.4, -0.2) is 9.97 Å². The van der Waals surface area contributed by atoms with E-state index in [1.807, 2.05) is 0 Å². The van der Waals surface area contributed by atoms with Crippen LogP contribution in [0, 0.1) is 3.70 Å². The topological polar surface area (TPSA) is 25.8 Å². The molecular formula is C5H2F3IN2. The Morgan fingerprint density at radius 3 is 2.27 bits per heavy atom. The van der Waals surface area contributed by atoms with E-state index >= 15 is 0 Å². The summed E-state index contributed by atoms with van der Waals surface area (Å²) < 4.78 is 35.9. The zero-order valence-electron chi connectivity index (χ0n) is 5.06. The highest BCUT2D eigenvalue weighted by Crippen LogP contribution is 2.27. The van der Waals surface area contributed by atoms with E-state index in [4.69, 9.17) is 0 Å². The Morgan fingerprint density at radius 2 is 1.91 bits per heavy atom. The minimum atomic E-state index is -4.37. The molecule has 0 radical (unpaired) electrons. The maximum atomic E-state index is 11.9. The van der Waals surface area contributed by atoms with Gasteiger partial charge in [0.15, 0.2) is 0 Å². The molecule has 1 aromatic rings. The zero-order chi connectivity index (χ0) is 8.48. The van der Waals surface area contributed by atoms with Crippen molar-refractivity contribution in [2.24, 2.45) is 0 Å². The molecule has 0 aliphatic heterocycles. The van der Waals surface area contributed by atoms with Gasteiger partial charge in [-0.3, -0.25) is 0 Å². The number of aromatic nitrogens is 2. The second-order valence-corrected chi connectivity index (χ2v) is 2.83. The molecule has 0 fully saturated rings. The highest BCUT2D eigenvalue weighted by Gasteiger charge is 2.32. The van der Waals surface area contributed by atoms with Crippen molar-refractivity contribution in [3.05, 3.63) is 21.8 Å². The van der Waals surface area contributed by atoms with Gasteiger partial charge in [0.2, 0.25) is 0 Å². The molecule has 0 aliphatic carbocycles. The van der Waals surface area contributed by atoms with Gasteiger partial charge in [0, 0.05) is 6.07 Å². The highest BCUT2D eigenvalue weighted by molar-refractivity contribution is 14.1. The van der Waals surface area contributed by atoms with Crippen LogP contribution in [0.4, 0.5) is 13.2 Å². The summed E-state index contributed by atoms with van der Waals surface area (Å²) in [6, 6.07) is 0.889. The summed E-state index contributed by atoms with van der Waals surface area (Å²) in [5, 5.41) is 0. The molecule has 0 atom stereocenters. The first-order chi connectivity index (χ1) is 5.00. The van der Waals surface area contributed by atoms with Gasteiger partial charge >= 0.3 is 6.18 Å². The van der Waals surface area contributed by atoms with E-state index in [1.54, 1.807) is 22.6 Å². The fraction of sp³-hybridized carbons (Fsp3) is 0.200. The van der Waals surface area contributed by atoms with Crippen molar-refractivity contribution in [1.29, 1.82) is 0 Å². The van der Waals surface area contributed by atoms with Crippen LogP contribution in [0.25, 0.3) is 0 Å². The standard InChI is InChI=1S/C5H2F3IN2/c6-5(7,8)3-1-4(9)11-2-10-3/h1-2H. The molecule has 11 heavy (non-hydrogen) atoms. The molecule has 1 heterocycles. The Kier molecular flexibility index (Phi) is 2.31. The summed E-state index contributed by atoms with van der Waals surface area (Å²) in [4.78, 5) is 6.60. The molecule has 0 aromatic carbocycles. The molecule has 1 rings (SSSR count). The maximum absolute atomic E-state index is 11.9. The summed E-state index contributed by atoms with van der Waals surface area (Å²) in [5.41, 5.74) is -0.906. The van der Waals surface area contributed by atoms with Crippen molar-refractivity contribution in [3.8, 4) is 0 Å². The van der Waals surface area contributed by atoms with Crippen LogP contribution in [0.3, 0.4) is 0 Å². The van der Waals surface area contributed by atoms with Crippen LogP contribution in [0.5, 0.6) is 0 Å². The van der Waals surface area contributed by atoms with Crippen LogP contribution in [0.1, 0.15) is 5.69 Å². The fourth-order valence-corrected chi connectivity index (χ4v) is 0.908. The lowest BCUT2D eigenvalue weighted by molar-refractivity contribution is -0.141. The van der Waals surface area contributed by atoms with E-state index in [0.29, 0.717) is 0 Å². The quantitative estimate of drug-likeness (QED) is 0.535. The van der Waals surface area contributed by atoms with E-state index in [-0.39, 0.29) is 3.70 Å². The van der Waals surface area contributed by atoms with E-state index < -0.39 is 11.9 Å². The summed E-state index contributed by atoms with van der Waals surface area (Å²) in [7, 11) is 0. The van der Waals surface area contributed by atoms with Gasteiger partial charge in [-0.05, 0) is 22.6 Å². The molecule has 0 aliphatic rings. The molecule has 1 aromatic heterocycles. The highest BCUT2D eigenvalue weighted by atomic mass is 127. The minimum Gasteiger partial charge on any atom is -0.232 e. The normalized spacial score (nSPS) is 11.6. The Hall–Kier alpha value is -0.400. The predicted octanol–water partition coefficient (Wildman–Crippen LogP) is 2.10. The van der Waals surface area contributed by atoms with Crippen LogP contribution < -0.4 is 0 Å². The number of rotatable bonds is 0. The third kappa shape index (κ3) is 2.28. The lowest BCUT2D eigenvalue weighted by atomic mass is 10.4. The van der Waals surface area contributed by atoms with Gasteiger partial charge in [-0.1, -0.05) is 0 Å². The molecule has 0 N–H and O–H groups in total. The molecule has 0 saturated heterocycles. The molecule has 0 bridgehead atoms. The van der Waals surface area contributed by atoms with E-state index in [0.717, 1.165) is 12.4 Å². The average molecular weight is 274 g/mol. The molecular weight excluding hydrogens is 272 g/mol. The molecule has 0 unspecified atom stereocenters. The number of halogens is 4. The third-order valence-electron chi connectivity index (χ3n) is 0.924. The van der Waals surface area contributed by atoms with E-state index in [1.165, 1.54) is 0 Å². The molecule has 6 heteroatoms. The van der Waals surface area contributed by atoms with Crippen molar-refractivity contribution < 1.29 is 13.2 Å². The van der Waals surface area contributed by atoms with Crippen molar-refractivity contribution >= 4 is 22.6 Å². The predicted molar refractivity (Wildman–Crippen MR) is 39.8 cm³/mol. The van der Waals surface area contributed by atoms with Crippen molar-refractivity contribution in [1.82, 2.24) is 9.97 Å². The SMILES string of the molecule is FC(F)(F)c1cc(I)ncn1. The maximum Gasteiger partial charge on any atom is 0.433 e. The monoisotopic (exact) mass is 274 g/mol. The number of hydrogen-bond donors (Lipinski definition) is 0. The Bertz CT molecular complexity index is 260. The van der Waals surface area contributed by atoms with E-state index in [9.17, 15) is 13.2 Å². The average Bonchev–Trinajstić information content (AvgIpc) is 1.86. The minimum absolute atomic E-state index is 0.282. The molecule has 0 amide bonds. The first-order valence-electron chi connectivity index (χ1n) is 2.55. The zero-order valence-corrected chi connectivity index (χ0v) is 7.22. The first kappa shape index (κ1) is 8.69. The van der Waals surface area contributed by atoms with Gasteiger partial charge in [-0.15, -0.1) is 0 Å². The van der Waals surface area contributed by atoms with Gasteiger partial charge in [-0.25, -0.2) is 9.97 Å². The smallest absolute Gasteiger partial charge is 0.232 e. The summed E-state index contributed by atoms with van der Waals surface area (Å²) in [6.45, 7) is 0. The van der Waals surface area contributed by atoms with Crippen molar-refractivity contribution in [3.63, 3.8) is 0 Å². The Morgan fingerprint density at radius 1 is 1.27 bits per heavy atom.